The maximum Gasteiger partial charge on any atom is 0.244 e. The summed E-state index contributed by atoms with van der Waals surface area (Å²) in [6, 6.07) is 13.5. The van der Waals surface area contributed by atoms with Gasteiger partial charge in [-0.2, -0.15) is 0 Å². The van der Waals surface area contributed by atoms with Gasteiger partial charge in [0.1, 0.15) is 11.4 Å². The Morgan fingerprint density at radius 1 is 1.18 bits per heavy atom. The van der Waals surface area contributed by atoms with E-state index >= 15 is 0 Å². The highest BCUT2D eigenvalue weighted by Crippen LogP contribution is 2.21. The summed E-state index contributed by atoms with van der Waals surface area (Å²) in [6.07, 6.45) is 4.27. The lowest BCUT2D eigenvalue weighted by Gasteiger charge is -2.31. The largest absolute Gasteiger partial charge is 0.357 e. The number of hydrogen-bond acceptors (Lipinski definition) is 4. The number of nitrogens with two attached hydrogens (primary N) is 1. The van der Waals surface area contributed by atoms with E-state index < -0.39 is 5.54 Å². The van der Waals surface area contributed by atoms with Crippen LogP contribution in [0.3, 0.4) is 0 Å². The quantitative estimate of drug-likeness (QED) is 0.767. The highest BCUT2D eigenvalue weighted by Gasteiger charge is 2.30. The van der Waals surface area contributed by atoms with Gasteiger partial charge in [0, 0.05) is 25.8 Å². The van der Waals surface area contributed by atoms with E-state index in [0.29, 0.717) is 6.54 Å². The molecule has 0 aliphatic carbocycles. The molecule has 154 valence electrons. The van der Waals surface area contributed by atoms with Crippen molar-refractivity contribution in [2.24, 2.45) is 11.7 Å². The third-order valence-corrected chi connectivity index (χ3v) is 5.21. The second kappa shape index (κ2) is 10.6. The number of nitrogens with zero attached hydrogens (tertiary/aromatic N) is 2. The number of benzene rings is 1. The molecule has 1 aliphatic rings. The lowest BCUT2D eigenvalue weighted by atomic mass is 9.92. The minimum atomic E-state index is -1.06. The van der Waals surface area contributed by atoms with Gasteiger partial charge in [-0.3, -0.25) is 4.79 Å². The highest BCUT2D eigenvalue weighted by molar-refractivity contribution is 5.87. The molecule has 0 spiro atoms. The summed E-state index contributed by atoms with van der Waals surface area (Å²) in [5.41, 5.74) is 6.95. The molecular weight excluding hydrogens is 395 g/mol. The minimum Gasteiger partial charge on any atom is -0.357 e. The van der Waals surface area contributed by atoms with Gasteiger partial charge < -0.3 is 16.0 Å². The average molecular weight is 425 g/mol. The molecule has 3 N–H and O–H groups in total. The van der Waals surface area contributed by atoms with Crippen molar-refractivity contribution < 1.29 is 4.79 Å². The molecular formula is C21H30Cl2N4O. The molecule has 0 radical (unpaired) electrons. The predicted octanol–water partition coefficient (Wildman–Crippen LogP) is 3.65. The maximum atomic E-state index is 12.5. The van der Waals surface area contributed by atoms with Crippen LogP contribution in [-0.4, -0.2) is 24.0 Å². The van der Waals surface area contributed by atoms with E-state index in [9.17, 15) is 4.79 Å². The van der Waals surface area contributed by atoms with Crippen LogP contribution in [-0.2, 0) is 16.9 Å². The summed E-state index contributed by atoms with van der Waals surface area (Å²) in [4.78, 5) is 19.4. The molecule has 1 fully saturated rings. The Morgan fingerprint density at radius 3 is 2.39 bits per heavy atom. The van der Waals surface area contributed by atoms with Crippen molar-refractivity contribution in [2.75, 3.05) is 18.0 Å². The number of hydrogen-bond donors (Lipinski definition) is 2. The number of carbonyl (C=O) groups is 1. The maximum absolute atomic E-state index is 12.5. The number of pyridine rings is 1. The van der Waals surface area contributed by atoms with E-state index in [1.54, 1.807) is 6.92 Å². The highest BCUT2D eigenvalue weighted by atomic mass is 35.5. The Morgan fingerprint density at radius 2 is 1.82 bits per heavy atom. The summed E-state index contributed by atoms with van der Waals surface area (Å²) in [7, 11) is 0. The van der Waals surface area contributed by atoms with Gasteiger partial charge in [0.25, 0.3) is 0 Å². The van der Waals surface area contributed by atoms with Crippen LogP contribution in [0.1, 0.15) is 37.8 Å². The van der Waals surface area contributed by atoms with Crippen LogP contribution in [0.25, 0.3) is 0 Å². The molecule has 28 heavy (non-hydrogen) atoms. The summed E-state index contributed by atoms with van der Waals surface area (Å²) < 4.78 is 0. The van der Waals surface area contributed by atoms with Gasteiger partial charge in [-0.1, -0.05) is 43.3 Å². The molecule has 7 heteroatoms. The van der Waals surface area contributed by atoms with Gasteiger partial charge in [0.2, 0.25) is 5.91 Å². The van der Waals surface area contributed by atoms with E-state index in [1.165, 1.54) is 12.8 Å². The van der Waals surface area contributed by atoms with Gasteiger partial charge in [0.15, 0.2) is 0 Å². The summed E-state index contributed by atoms with van der Waals surface area (Å²) >= 11 is 0. The fraction of sp³-hybridized carbons (Fsp3) is 0.429. The summed E-state index contributed by atoms with van der Waals surface area (Å²) in [5.74, 6) is 1.62. The zero-order valence-corrected chi connectivity index (χ0v) is 18.1. The van der Waals surface area contributed by atoms with Crippen LogP contribution in [0, 0.1) is 5.92 Å². The van der Waals surface area contributed by atoms with Crippen molar-refractivity contribution in [3.05, 3.63) is 59.8 Å². The van der Waals surface area contributed by atoms with Gasteiger partial charge >= 0.3 is 0 Å². The van der Waals surface area contributed by atoms with Crippen LogP contribution < -0.4 is 16.0 Å². The van der Waals surface area contributed by atoms with Crippen LogP contribution in [0.15, 0.2) is 48.7 Å². The number of carbonyl (C=O) groups excluding carboxylic acids is 1. The first-order chi connectivity index (χ1) is 12.5. The first kappa shape index (κ1) is 24.2. The van der Waals surface area contributed by atoms with E-state index in [1.807, 2.05) is 48.7 Å². The first-order valence-electron chi connectivity index (χ1n) is 9.29. The number of piperidine rings is 1. The summed E-state index contributed by atoms with van der Waals surface area (Å²) in [5, 5.41) is 2.92. The van der Waals surface area contributed by atoms with Gasteiger partial charge in [0.05, 0.1) is 0 Å². The van der Waals surface area contributed by atoms with Crippen molar-refractivity contribution in [1.82, 2.24) is 10.3 Å². The Labute approximate surface area is 179 Å². The molecule has 0 bridgehead atoms. The number of amides is 1. The number of nitrogens with one attached hydrogen (secondary N) is 1. The molecule has 2 aromatic rings. The minimum absolute atomic E-state index is 0. The molecule has 5 nitrogen and oxygen atoms in total. The monoisotopic (exact) mass is 424 g/mol. The van der Waals surface area contributed by atoms with Crippen molar-refractivity contribution in [1.29, 1.82) is 0 Å². The molecule has 1 amide bonds. The fourth-order valence-electron chi connectivity index (χ4n) is 3.23. The fourth-order valence-corrected chi connectivity index (χ4v) is 3.23. The predicted molar refractivity (Wildman–Crippen MR) is 119 cm³/mol. The standard InChI is InChI=1S/C21H28N4O.2ClH/c1-16-10-12-25(13-11-16)19-9-8-17(14-23-19)15-24-20(26)21(2,22)18-6-4-3-5-7-18;;/h3-9,14,16H,10-13,15,22H2,1-2H3,(H,24,26);2*1H. The van der Waals surface area contributed by atoms with E-state index in [-0.39, 0.29) is 30.7 Å². The van der Waals surface area contributed by atoms with E-state index in [4.69, 9.17) is 5.73 Å². The molecule has 1 aromatic heterocycles. The Balaban J connectivity index is 0.00000196. The van der Waals surface area contributed by atoms with Crippen LogP contribution in [0.4, 0.5) is 5.82 Å². The number of anilines is 1. The van der Waals surface area contributed by atoms with Crippen LogP contribution >= 0.6 is 24.8 Å². The van der Waals surface area contributed by atoms with Gasteiger partial charge in [-0.15, -0.1) is 24.8 Å². The van der Waals surface area contributed by atoms with E-state index in [0.717, 1.165) is 36.0 Å². The Kier molecular flexibility index (Phi) is 9.21. The topological polar surface area (TPSA) is 71.2 Å². The zero-order chi connectivity index (χ0) is 18.6. The second-order valence-corrected chi connectivity index (χ2v) is 7.45. The van der Waals surface area contributed by atoms with Crippen LogP contribution in [0.5, 0.6) is 0 Å². The number of rotatable bonds is 5. The second-order valence-electron chi connectivity index (χ2n) is 7.45. The SMILES string of the molecule is CC1CCN(c2ccc(CNC(=O)C(C)(N)c3ccccc3)cn2)CC1.Cl.Cl. The third kappa shape index (κ3) is 5.84. The number of halogens is 2. The normalized spacial score (nSPS) is 16.3. The summed E-state index contributed by atoms with van der Waals surface area (Å²) in [6.45, 7) is 6.58. The van der Waals surface area contributed by atoms with Crippen molar-refractivity contribution >= 4 is 36.5 Å². The molecule has 1 aromatic carbocycles. The number of aromatic nitrogens is 1. The van der Waals surface area contributed by atoms with Crippen molar-refractivity contribution in [3.8, 4) is 0 Å². The lowest BCUT2D eigenvalue weighted by molar-refractivity contribution is -0.126. The Bertz CT molecular complexity index is 730. The van der Waals surface area contributed by atoms with Gasteiger partial charge in [-0.05, 0) is 42.9 Å². The zero-order valence-electron chi connectivity index (χ0n) is 16.4. The molecule has 1 saturated heterocycles. The molecule has 2 heterocycles. The first-order valence-corrected chi connectivity index (χ1v) is 9.29. The lowest BCUT2D eigenvalue weighted by Crippen LogP contribution is -2.48. The average Bonchev–Trinajstić information content (AvgIpc) is 2.68. The molecule has 3 rings (SSSR count). The molecule has 1 atom stereocenters. The van der Waals surface area contributed by atoms with Crippen molar-refractivity contribution in [2.45, 2.75) is 38.8 Å². The van der Waals surface area contributed by atoms with Crippen molar-refractivity contribution in [3.63, 3.8) is 0 Å². The third-order valence-electron chi connectivity index (χ3n) is 5.21. The Hall–Kier alpha value is -1.82. The van der Waals surface area contributed by atoms with E-state index in [2.05, 4.69) is 22.1 Å². The molecule has 1 aliphatic heterocycles. The van der Waals surface area contributed by atoms with Crippen LogP contribution in [0.2, 0.25) is 0 Å². The van der Waals surface area contributed by atoms with Gasteiger partial charge in [-0.25, -0.2) is 4.98 Å². The molecule has 0 saturated carbocycles. The molecule has 1 unspecified atom stereocenters. The smallest absolute Gasteiger partial charge is 0.244 e.